The second-order valence-electron chi connectivity index (χ2n) is 5.57. The zero-order valence-electron chi connectivity index (χ0n) is 12.7. The topological polar surface area (TPSA) is 31.4 Å². The van der Waals surface area contributed by atoms with Crippen LogP contribution in [0.15, 0.2) is 73.1 Å². The highest BCUT2D eigenvalue weighted by Gasteiger charge is 2.27. The van der Waals surface area contributed by atoms with Crippen LogP contribution in [0.3, 0.4) is 0 Å². The van der Waals surface area contributed by atoms with E-state index < -0.39 is 0 Å². The molecule has 1 atom stereocenters. The van der Waals surface area contributed by atoms with Gasteiger partial charge in [0.2, 0.25) is 0 Å². The summed E-state index contributed by atoms with van der Waals surface area (Å²) in [6, 6.07) is 19.9. The number of nitrogens with zero attached hydrogens (tertiary/aromatic N) is 1. The Balaban J connectivity index is 1.59. The van der Waals surface area contributed by atoms with Crippen molar-refractivity contribution in [1.82, 2.24) is 4.98 Å². The van der Waals surface area contributed by atoms with Gasteiger partial charge in [-0.1, -0.05) is 30.3 Å². The summed E-state index contributed by atoms with van der Waals surface area (Å²) in [6.45, 7) is 0. The van der Waals surface area contributed by atoms with Crippen LogP contribution in [-0.4, -0.2) is 4.98 Å². The van der Waals surface area contributed by atoms with E-state index >= 15 is 0 Å². The first-order valence-corrected chi connectivity index (χ1v) is 7.81. The minimum atomic E-state index is 0.0911. The molecule has 0 aliphatic heterocycles. The van der Waals surface area contributed by atoms with Gasteiger partial charge in [-0.2, -0.15) is 0 Å². The lowest BCUT2D eigenvalue weighted by molar-refractivity contribution is 0.207. The number of hydrogen-bond donors (Lipinski definition) is 0. The predicted molar refractivity (Wildman–Crippen MR) is 88.9 cm³/mol. The third-order valence-electron chi connectivity index (χ3n) is 4.07. The average Bonchev–Trinajstić information content (AvgIpc) is 3.01. The Morgan fingerprint density at radius 1 is 0.826 bits per heavy atom. The van der Waals surface area contributed by atoms with Crippen molar-refractivity contribution in [1.29, 1.82) is 0 Å². The van der Waals surface area contributed by atoms with E-state index in [1.54, 1.807) is 12.4 Å². The van der Waals surface area contributed by atoms with Gasteiger partial charge < -0.3 is 9.47 Å². The van der Waals surface area contributed by atoms with Crippen molar-refractivity contribution in [3.8, 4) is 17.2 Å². The van der Waals surface area contributed by atoms with Gasteiger partial charge in [0.1, 0.15) is 23.4 Å². The second kappa shape index (κ2) is 6.13. The molecule has 1 aliphatic rings. The highest BCUT2D eigenvalue weighted by molar-refractivity contribution is 5.46. The van der Waals surface area contributed by atoms with Crippen LogP contribution in [-0.2, 0) is 6.42 Å². The number of aromatic nitrogens is 1. The number of rotatable bonds is 4. The maximum atomic E-state index is 6.14. The molecule has 0 bridgehead atoms. The third kappa shape index (κ3) is 2.90. The van der Waals surface area contributed by atoms with E-state index in [0.29, 0.717) is 0 Å². The van der Waals surface area contributed by atoms with Gasteiger partial charge in [0.05, 0.1) is 0 Å². The molecular formula is C20H17NO2. The van der Waals surface area contributed by atoms with Crippen molar-refractivity contribution in [2.45, 2.75) is 18.9 Å². The molecule has 1 heterocycles. The quantitative estimate of drug-likeness (QED) is 0.684. The van der Waals surface area contributed by atoms with Crippen molar-refractivity contribution in [2.75, 3.05) is 0 Å². The SMILES string of the molecule is c1ccc(OC2CCc3c(Oc4ccncc4)cccc32)cc1. The van der Waals surface area contributed by atoms with Crippen LogP contribution >= 0.6 is 0 Å². The fourth-order valence-corrected chi connectivity index (χ4v) is 3.00. The smallest absolute Gasteiger partial charge is 0.131 e. The summed E-state index contributed by atoms with van der Waals surface area (Å²) in [6.07, 6.45) is 5.50. The van der Waals surface area contributed by atoms with Crippen molar-refractivity contribution >= 4 is 0 Å². The van der Waals surface area contributed by atoms with Crippen molar-refractivity contribution in [3.05, 3.63) is 84.2 Å². The summed E-state index contributed by atoms with van der Waals surface area (Å²) < 4.78 is 12.2. The van der Waals surface area contributed by atoms with Crippen LogP contribution in [0.1, 0.15) is 23.7 Å². The number of fused-ring (bicyclic) bond motifs is 1. The highest BCUT2D eigenvalue weighted by atomic mass is 16.5. The molecule has 3 nitrogen and oxygen atoms in total. The van der Waals surface area contributed by atoms with Gasteiger partial charge in [-0.15, -0.1) is 0 Å². The fraction of sp³-hybridized carbons (Fsp3) is 0.150. The summed E-state index contributed by atoms with van der Waals surface area (Å²) in [4.78, 5) is 4.02. The minimum absolute atomic E-state index is 0.0911. The van der Waals surface area contributed by atoms with E-state index in [-0.39, 0.29) is 6.10 Å². The predicted octanol–water partition coefficient (Wildman–Crippen LogP) is 4.94. The molecule has 1 unspecified atom stereocenters. The van der Waals surface area contributed by atoms with Gasteiger partial charge in [-0.05, 0) is 48.7 Å². The molecular weight excluding hydrogens is 286 g/mol. The molecule has 0 fully saturated rings. The van der Waals surface area contributed by atoms with E-state index in [4.69, 9.17) is 9.47 Å². The Bertz CT molecular complexity index is 787. The van der Waals surface area contributed by atoms with Crippen LogP contribution < -0.4 is 9.47 Å². The summed E-state index contributed by atoms with van der Waals surface area (Å²) >= 11 is 0. The normalized spacial score (nSPS) is 15.9. The van der Waals surface area contributed by atoms with Gasteiger partial charge in [0.15, 0.2) is 0 Å². The van der Waals surface area contributed by atoms with E-state index in [1.165, 1.54) is 11.1 Å². The summed E-state index contributed by atoms with van der Waals surface area (Å²) in [5.41, 5.74) is 2.46. The molecule has 0 saturated heterocycles. The van der Waals surface area contributed by atoms with Crippen LogP contribution in [0.2, 0.25) is 0 Å². The van der Waals surface area contributed by atoms with E-state index in [1.807, 2.05) is 54.6 Å². The number of hydrogen-bond acceptors (Lipinski definition) is 3. The molecule has 23 heavy (non-hydrogen) atoms. The lowest BCUT2D eigenvalue weighted by Crippen LogP contribution is -2.03. The third-order valence-corrected chi connectivity index (χ3v) is 4.07. The lowest BCUT2D eigenvalue weighted by atomic mass is 10.1. The van der Waals surface area contributed by atoms with Crippen molar-refractivity contribution in [2.24, 2.45) is 0 Å². The molecule has 0 spiro atoms. The molecule has 4 rings (SSSR count). The molecule has 3 heteroatoms. The molecule has 0 saturated carbocycles. The first-order chi connectivity index (χ1) is 11.4. The van der Waals surface area contributed by atoms with Crippen molar-refractivity contribution < 1.29 is 9.47 Å². The van der Waals surface area contributed by atoms with Crippen LogP contribution in [0, 0.1) is 0 Å². The Hall–Kier alpha value is -2.81. The Morgan fingerprint density at radius 2 is 1.65 bits per heavy atom. The largest absolute Gasteiger partial charge is 0.486 e. The minimum Gasteiger partial charge on any atom is -0.486 e. The number of benzene rings is 2. The van der Waals surface area contributed by atoms with E-state index in [2.05, 4.69) is 11.1 Å². The van der Waals surface area contributed by atoms with Gasteiger partial charge >= 0.3 is 0 Å². The monoisotopic (exact) mass is 303 g/mol. The van der Waals surface area contributed by atoms with E-state index in [0.717, 1.165) is 30.1 Å². The summed E-state index contributed by atoms with van der Waals surface area (Å²) in [5.74, 6) is 2.62. The van der Waals surface area contributed by atoms with Gasteiger partial charge in [0, 0.05) is 18.0 Å². The van der Waals surface area contributed by atoms with Crippen LogP contribution in [0.25, 0.3) is 0 Å². The van der Waals surface area contributed by atoms with Crippen LogP contribution in [0.5, 0.6) is 17.2 Å². The fourth-order valence-electron chi connectivity index (χ4n) is 3.00. The maximum absolute atomic E-state index is 6.14. The number of pyridine rings is 1. The first kappa shape index (κ1) is 13.8. The highest BCUT2D eigenvalue weighted by Crippen LogP contribution is 2.40. The Morgan fingerprint density at radius 3 is 2.48 bits per heavy atom. The zero-order valence-corrected chi connectivity index (χ0v) is 12.7. The molecule has 114 valence electrons. The van der Waals surface area contributed by atoms with Gasteiger partial charge in [-0.25, -0.2) is 0 Å². The first-order valence-electron chi connectivity index (χ1n) is 7.81. The second-order valence-corrected chi connectivity index (χ2v) is 5.57. The Labute approximate surface area is 135 Å². The molecule has 1 aromatic heterocycles. The summed E-state index contributed by atoms with van der Waals surface area (Å²) in [7, 11) is 0. The Kier molecular flexibility index (Phi) is 3.68. The lowest BCUT2D eigenvalue weighted by Gasteiger charge is -2.15. The maximum Gasteiger partial charge on any atom is 0.131 e. The molecule has 2 aromatic carbocycles. The molecule has 1 aliphatic carbocycles. The molecule has 0 radical (unpaired) electrons. The van der Waals surface area contributed by atoms with Gasteiger partial charge in [-0.3, -0.25) is 4.98 Å². The van der Waals surface area contributed by atoms with Gasteiger partial charge in [0.25, 0.3) is 0 Å². The molecule has 0 amide bonds. The number of para-hydroxylation sites is 1. The standard InChI is InChI=1S/C20H17NO2/c1-2-5-15(6-3-1)22-20-10-9-18-17(20)7-4-8-19(18)23-16-11-13-21-14-12-16/h1-8,11-14,20H,9-10H2. The molecule has 0 N–H and O–H groups in total. The molecule has 3 aromatic rings. The summed E-state index contributed by atoms with van der Waals surface area (Å²) in [5, 5.41) is 0. The van der Waals surface area contributed by atoms with E-state index in [9.17, 15) is 0 Å². The van der Waals surface area contributed by atoms with Crippen LogP contribution in [0.4, 0.5) is 0 Å². The van der Waals surface area contributed by atoms with Crippen molar-refractivity contribution in [3.63, 3.8) is 0 Å². The number of ether oxygens (including phenoxy) is 2. The average molecular weight is 303 g/mol. The zero-order chi connectivity index (χ0) is 15.5.